The molecule has 1 heteroatoms. The van der Waals surface area contributed by atoms with Crippen LogP contribution in [-0.2, 0) is 0 Å². The van der Waals surface area contributed by atoms with E-state index in [0.29, 0.717) is 5.41 Å². The monoisotopic (exact) mass is 141 g/mol. The van der Waals surface area contributed by atoms with Gasteiger partial charge in [-0.1, -0.05) is 13.8 Å². The van der Waals surface area contributed by atoms with Crippen LogP contribution in [0.2, 0.25) is 0 Å². The maximum Gasteiger partial charge on any atom is 0.000726 e. The SMILES string of the molecule is CCC1(CNC)CC[C@H]1C. The first kappa shape index (κ1) is 8.06. The molecule has 1 fully saturated rings. The van der Waals surface area contributed by atoms with Gasteiger partial charge in [-0.25, -0.2) is 0 Å². The molecule has 1 rings (SSSR count). The van der Waals surface area contributed by atoms with Crippen molar-refractivity contribution in [1.29, 1.82) is 0 Å². The van der Waals surface area contributed by atoms with Crippen LogP contribution in [0.1, 0.15) is 33.1 Å². The molecule has 0 bridgehead atoms. The summed E-state index contributed by atoms with van der Waals surface area (Å²) in [5.74, 6) is 0.949. The Morgan fingerprint density at radius 1 is 1.60 bits per heavy atom. The fourth-order valence-electron chi connectivity index (χ4n) is 2.11. The third-order valence-corrected chi connectivity index (χ3v) is 3.35. The van der Waals surface area contributed by atoms with Crippen molar-refractivity contribution in [3.05, 3.63) is 0 Å². The summed E-state index contributed by atoms with van der Waals surface area (Å²) in [6.45, 7) is 5.90. The molecule has 0 amide bonds. The smallest absolute Gasteiger partial charge is 0.000726 e. The summed E-state index contributed by atoms with van der Waals surface area (Å²) in [5, 5.41) is 3.29. The van der Waals surface area contributed by atoms with Crippen molar-refractivity contribution in [3.8, 4) is 0 Å². The van der Waals surface area contributed by atoms with Gasteiger partial charge in [-0.05, 0) is 37.6 Å². The van der Waals surface area contributed by atoms with E-state index in [9.17, 15) is 0 Å². The molecule has 1 aliphatic carbocycles. The Bertz CT molecular complexity index is 107. The Balaban J connectivity index is 2.43. The summed E-state index contributed by atoms with van der Waals surface area (Å²) < 4.78 is 0. The van der Waals surface area contributed by atoms with Crippen LogP contribution >= 0.6 is 0 Å². The number of hydrogen-bond acceptors (Lipinski definition) is 1. The highest BCUT2D eigenvalue weighted by atomic mass is 14.8. The zero-order chi connectivity index (χ0) is 7.61. The van der Waals surface area contributed by atoms with Crippen molar-refractivity contribution in [2.75, 3.05) is 13.6 Å². The second kappa shape index (κ2) is 2.91. The van der Waals surface area contributed by atoms with E-state index >= 15 is 0 Å². The maximum atomic E-state index is 3.29. The molecule has 0 heterocycles. The molecule has 0 aromatic carbocycles. The van der Waals surface area contributed by atoms with Crippen LogP contribution in [0.5, 0.6) is 0 Å². The molecule has 0 spiro atoms. The molecule has 1 unspecified atom stereocenters. The van der Waals surface area contributed by atoms with Gasteiger partial charge in [0.15, 0.2) is 0 Å². The minimum Gasteiger partial charge on any atom is -0.319 e. The standard InChI is InChI=1S/C9H19N/c1-4-9(7-10-3)6-5-8(9)2/h8,10H,4-7H2,1-3H3/t8-,9?/m1/s1. The second-order valence-corrected chi connectivity index (χ2v) is 3.69. The molecule has 10 heavy (non-hydrogen) atoms. The summed E-state index contributed by atoms with van der Waals surface area (Å²) in [7, 11) is 2.06. The summed E-state index contributed by atoms with van der Waals surface area (Å²) in [6, 6.07) is 0. The largest absolute Gasteiger partial charge is 0.319 e. The van der Waals surface area contributed by atoms with Crippen LogP contribution in [0, 0.1) is 11.3 Å². The molecule has 1 nitrogen and oxygen atoms in total. The number of rotatable bonds is 3. The van der Waals surface area contributed by atoms with E-state index in [1.54, 1.807) is 0 Å². The van der Waals surface area contributed by atoms with E-state index in [2.05, 4.69) is 26.2 Å². The third kappa shape index (κ3) is 1.07. The van der Waals surface area contributed by atoms with Crippen LogP contribution in [-0.4, -0.2) is 13.6 Å². The topological polar surface area (TPSA) is 12.0 Å². The zero-order valence-electron chi connectivity index (χ0n) is 7.41. The van der Waals surface area contributed by atoms with Gasteiger partial charge in [-0.3, -0.25) is 0 Å². The average molecular weight is 141 g/mol. The summed E-state index contributed by atoms with van der Waals surface area (Å²) in [4.78, 5) is 0. The third-order valence-electron chi connectivity index (χ3n) is 3.35. The predicted molar refractivity (Wildman–Crippen MR) is 45.0 cm³/mol. The van der Waals surface area contributed by atoms with Crippen molar-refractivity contribution >= 4 is 0 Å². The van der Waals surface area contributed by atoms with Crippen molar-refractivity contribution < 1.29 is 0 Å². The molecule has 2 atom stereocenters. The minimum absolute atomic E-state index is 0.661. The van der Waals surface area contributed by atoms with Crippen LogP contribution < -0.4 is 5.32 Å². The predicted octanol–water partition coefficient (Wildman–Crippen LogP) is 2.03. The highest BCUT2D eigenvalue weighted by molar-refractivity contribution is 4.93. The van der Waals surface area contributed by atoms with Crippen molar-refractivity contribution in [2.24, 2.45) is 11.3 Å². The van der Waals surface area contributed by atoms with Gasteiger partial charge in [0.1, 0.15) is 0 Å². The van der Waals surface area contributed by atoms with Gasteiger partial charge in [0.2, 0.25) is 0 Å². The molecule has 0 aromatic heterocycles. The Kier molecular flexibility index (Phi) is 2.35. The van der Waals surface area contributed by atoms with Crippen LogP contribution in [0.4, 0.5) is 0 Å². The fourth-order valence-corrected chi connectivity index (χ4v) is 2.11. The van der Waals surface area contributed by atoms with Gasteiger partial charge in [0.05, 0.1) is 0 Å². The lowest BCUT2D eigenvalue weighted by Gasteiger charge is -2.48. The summed E-state index contributed by atoms with van der Waals surface area (Å²) in [5.41, 5.74) is 0.661. The van der Waals surface area contributed by atoms with E-state index in [-0.39, 0.29) is 0 Å². The highest BCUT2D eigenvalue weighted by Crippen LogP contribution is 2.48. The normalized spacial score (nSPS) is 39.3. The Morgan fingerprint density at radius 3 is 2.40 bits per heavy atom. The Labute approximate surface area is 64.2 Å². The molecule has 1 N–H and O–H groups in total. The van der Waals surface area contributed by atoms with Crippen LogP contribution in [0.25, 0.3) is 0 Å². The van der Waals surface area contributed by atoms with Gasteiger partial charge in [-0.15, -0.1) is 0 Å². The molecule has 0 saturated heterocycles. The van der Waals surface area contributed by atoms with E-state index in [0.717, 1.165) is 5.92 Å². The molecule has 60 valence electrons. The summed E-state index contributed by atoms with van der Waals surface area (Å²) >= 11 is 0. The van der Waals surface area contributed by atoms with Gasteiger partial charge < -0.3 is 5.32 Å². The number of hydrogen-bond donors (Lipinski definition) is 1. The lowest BCUT2D eigenvalue weighted by Crippen LogP contribution is -2.45. The van der Waals surface area contributed by atoms with Gasteiger partial charge >= 0.3 is 0 Å². The molecular formula is C9H19N. The second-order valence-electron chi connectivity index (χ2n) is 3.69. The molecule has 1 aliphatic rings. The first-order chi connectivity index (χ1) is 4.75. The Morgan fingerprint density at radius 2 is 2.30 bits per heavy atom. The first-order valence-corrected chi connectivity index (χ1v) is 4.40. The number of nitrogens with one attached hydrogen (secondary N) is 1. The quantitative estimate of drug-likeness (QED) is 0.634. The Hall–Kier alpha value is -0.0400. The average Bonchev–Trinajstić information content (AvgIpc) is 1.97. The maximum absolute atomic E-state index is 3.29. The minimum atomic E-state index is 0.661. The van der Waals surface area contributed by atoms with Gasteiger partial charge in [0.25, 0.3) is 0 Å². The van der Waals surface area contributed by atoms with Crippen LogP contribution in [0.3, 0.4) is 0 Å². The fraction of sp³-hybridized carbons (Fsp3) is 1.00. The van der Waals surface area contributed by atoms with E-state index in [4.69, 9.17) is 0 Å². The molecular weight excluding hydrogens is 122 g/mol. The summed E-state index contributed by atoms with van der Waals surface area (Å²) in [6.07, 6.45) is 4.22. The van der Waals surface area contributed by atoms with Crippen LogP contribution in [0.15, 0.2) is 0 Å². The van der Waals surface area contributed by atoms with E-state index in [1.807, 2.05) is 0 Å². The van der Waals surface area contributed by atoms with Crippen molar-refractivity contribution in [3.63, 3.8) is 0 Å². The van der Waals surface area contributed by atoms with Gasteiger partial charge in [-0.2, -0.15) is 0 Å². The van der Waals surface area contributed by atoms with Gasteiger partial charge in [0, 0.05) is 6.54 Å². The molecule has 0 aromatic rings. The van der Waals surface area contributed by atoms with Crippen molar-refractivity contribution in [2.45, 2.75) is 33.1 Å². The lowest BCUT2D eigenvalue weighted by atomic mass is 9.59. The van der Waals surface area contributed by atoms with E-state index in [1.165, 1.54) is 25.8 Å². The zero-order valence-corrected chi connectivity index (χ0v) is 7.41. The van der Waals surface area contributed by atoms with E-state index < -0.39 is 0 Å². The first-order valence-electron chi connectivity index (χ1n) is 4.40. The lowest BCUT2D eigenvalue weighted by molar-refractivity contribution is 0.0413. The molecule has 0 radical (unpaired) electrons. The molecule has 0 aliphatic heterocycles. The highest BCUT2D eigenvalue weighted by Gasteiger charge is 2.41. The van der Waals surface area contributed by atoms with Crippen molar-refractivity contribution in [1.82, 2.24) is 5.32 Å². The molecule has 1 saturated carbocycles.